The van der Waals surface area contributed by atoms with E-state index in [-0.39, 0.29) is 5.41 Å². The van der Waals surface area contributed by atoms with Gasteiger partial charge in [0.1, 0.15) is 24.0 Å². The molecule has 3 aromatic heterocycles. The second-order valence-corrected chi connectivity index (χ2v) is 17.7. The quantitative estimate of drug-likeness (QED) is 0.160. The Morgan fingerprint density at radius 2 is 1.05 bits per heavy atom. The highest BCUT2D eigenvalue weighted by Crippen LogP contribution is 2.46. The third-order valence-corrected chi connectivity index (χ3v) is 12.8. The van der Waals surface area contributed by atoms with Gasteiger partial charge in [-0.05, 0) is 101 Å². The summed E-state index contributed by atoms with van der Waals surface area (Å²) < 4.78 is 11.7. The van der Waals surface area contributed by atoms with Crippen LogP contribution in [0, 0.1) is 0 Å². The van der Waals surface area contributed by atoms with Gasteiger partial charge in [0.05, 0.1) is 33.4 Å². The summed E-state index contributed by atoms with van der Waals surface area (Å²) in [5, 5.41) is 4.57. The molecule has 12 rings (SSSR count). The first-order chi connectivity index (χ1) is 31.4. The Kier molecular flexibility index (Phi) is 8.70. The van der Waals surface area contributed by atoms with E-state index in [2.05, 4.69) is 240 Å². The molecule has 0 N–H and O–H groups in total. The molecule has 0 fully saturated rings. The van der Waals surface area contributed by atoms with Gasteiger partial charge in [-0.15, -0.1) is 0 Å². The summed E-state index contributed by atoms with van der Waals surface area (Å²) in [7, 11) is 0. The fraction of sp³-hybridized carbons (Fsp3) is 0.0862. The lowest BCUT2D eigenvalue weighted by Crippen LogP contribution is -2.24. The maximum absolute atomic E-state index is 7.01. The first-order valence-electron chi connectivity index (χ1n) is 22.0. The number of hydrogen-bond acceptors (Lipinski definition) is 4. The molecule has 0 bridgehead atoms. The molecule has 6 nitrogen and oxygen atoms in total. The van der Waals surface area contributed by atoms with Gasteiger partial charge in [0.2, 0.25) is 0 Å². The highest BCUT2D eigenvalue weighted by atomic mass is 16.5. The van der Waals surface area contributed by atoms with E-state index in [4.69, 9.17) is 9.72 Å². The van der Waals surface area contributed by atoms with Crippen molar-refractivity contribution in [2.75, 3.05) is 16.5 Å². The van der Waals surface area contributed by atoms with Crippen LogP contribution in [-0.4, -0.2) is 20.8 Å². The normalized spacial score (nSPS) is 12.8. The SMILES string of the molecule is CC(C)(C)c1cc(Oc2ccc3c4cc(-c5ccccc5)ccc4n(-c4cc5c(cn4)c4ccccc4n5-c4ccccc4)c3c2)cc(N2CN(c3ccccc3)c3ccccc32)c1. The molecular formula is C58H45N5O. The van der Waals surface area contributed by atoms with E-state index in [1.54, 1.807) is 0 Å². The van der Waals surface area contributed by atoms with E-state index in [0.717, 1.165) is 72.6 Å². The minimum atomic E-state index is -0.119. The van der Waals surface area contributed by atoms with Crippen molar-refractivity contribution in [2.24, 2.45) is 0 Å². The van der Waals surface area contributed by atoms with Gasteiger partial charge in [0.15, 0.2) is 0 Å². The molecule has 0 radical (unpaired) electrons. The van der Waals surface area contributed by atoms with Crippen molar-refractivity contribution < 1.29 is 4.74 Å². The van der Waals surface area contributed by atoms with Crippen LogP contribution in [0.15, 0.2) is 206 Å². The predicted octanol–water partition coefficient (Wildman–Crippen LogP) is 15.3. The van der Waals surface area contributed by atoms with Crippen molar-refractivity contribution in [3.8, 4) is 34.1 Å². The number of benzene rings is 8. The van der Waals surface area contributed by atoms with Crippen LogP contribution in [0.5, 0.6) is 11.5 Å². The zero-order valence-electron chi connectivity index (χ0n) is 36.0. The molecule has 8 aromatic carbocycles. The molecule has 0 amide bonds. The van der Waals surface area contributed by atoms with Gasteiger partial charge in [-0.3, -0.25) is 4.57 Å². The highest BCUT2D eigenvalue weighted by molar-refractivity contribution is 6.12. The van der Waals surface area contributed by atoms with Crippen LogP contribution in [0.1, 0.15) is 26.3 Å². The standard InChI is InChI=1S/C58H45N5O/c1-58(2,3)41-32-44(61-38-60(42-19-9-5-10-20-42)53-25-15-16-26-54(53)61)34-46(33-41)64-45-28-29-48-49-31-40(39-17-7-4-8-18-39)27-30-52(49)63(55(48)35-45)57-36-56-50(37-59-57)47-23-13-14-24-51(47)62(56)43-21-11-6-12-22-43/h4-37H,38H2,1-3H3. The summed E-state index contributed by atoms with van der Waals surface area (Å²) in [5.74, 6) is 2.38. The number of rotatable bonds is 7. The lowest BCUT2D eigenvalue weighted by molar-refractivity contribution is 0.479. The fourth-order valence-corrected chi connectivity index (χ4v) is 9.58. The van der Waals surface area contributed by atoms with E-state index in [9.17, 15) is 0 Å². The van der Waals surface area contributed by atoms with Gasteiger partial charge >= 0.3 is 0 Å². The molecular weight excluding hydrogens is 783 g/mol. The van der Waals surface area contributed by atoms with Crippen molar-refractivity contribution in [1.29, 1.82) is 0 Å². The number of aromatic nitrogens is 3. The average Bonchev–Trinajstić information content (AvgIpc) is 3.99. The summed E-state index contributed by atoms with van der Waals surface area (Å²) in [4.78, 5) is 10.0. The van der Waals surface area contributed by atoms with Crippen molar-refractivity contribution in [3.05, 3.63) is 212 Å². The summed E-state index contributed by atoms with van der Waals surface area (Å²) in [6.45, 7) is 7.48. The first kappa shape index (κ1) is 37.7. The molecule has 0 saturated carbocycles. The number of fused-ring (bicyclic) bond motifs is 7. The number of hydrogen-bond donors (Lipinski definition) is 0. The molecule has 64 heavy (non-hydrogen) atoms. The second kappa shape index (κ2) is 14.8. The second-order valence-electron chi connectivity index (χ2n) is 17.7. The molecule has 308 valence electrons. The molecule has 11 aromatic rings. The lowest BCUT2D eigenvalue weighted by atomic mass is 9.86. The number of para-hydroxylation sites is 5. The van der Waals surface area contributed by atoms with Gasteiger partial charge in [-0.1, -0.05) is 124 Å². The minimum Gasteiger partial charge on any atom is -0.457 e. The average molecular weight is 828 g/mol. The van der Waals surface area contributed by atoms with Crippen LogP contribution < -0.4 is 14.5 Å². The predicted molar refractivity (Wildman–Crippen MR) is 266 cm³/mol. The smallest absolute Gasteiger partial charge is 0.139 e. The van der Waals surface area contributed by atoms with Crippen molar-refractivity contribution in [3.63, 3.8) is 0 Å². The van der Waals surface area contributed by atoms with Crippen LogP contribution >= 0.6 is 0 Å². The Labute approximate surface area is 372 Å². The van der Waals surface area contributed by atoms with Crippen LogP contribution in [-0.2, 0) is 5.41 Å². The van der Waals surface area contributed by atoms with Gasteiger partial charge in [-0.25, -0.2) is 4.98 Å². The van der Waals surface area contributed by atoms with Crippen molar-refractivity contribution >= 4 is 66.4 Å². The van der Waals surface area contributed by atoms with E-state index < -0.39 is 0 Å². The van der Waals surface area contributed by atoms with Gasteiger partial charge in [0, 0.05) is 63.0 Å². The van der Waals surface area contributed by atoms with E-state index in [1.165, 1.54) is 33.5 Å². The number of anilines is 4. The molecule has 0 aliphatic carbocycles. The molecule has 0 saturated heterocycles. The Bertz CT molecular complexity index is 3550. The number of nitrogens with zero attached hydrogens (tertiary/aromatic N) is 5. The third kappa shape index (κ3) is 6.29. The zero-order chi connectivity index (χ0) is 42.9. The van der Waals surface area contributed by atoms with Gasteiger partial charge in [-0.2, -0.15) is 0 Å². The van der Waals surface area contributed by atoms with E-state index in [1.807, 2.05) is 6.20 Å². The lowest BCUT2D eigenvalue weighted by Gasteiger charge is -2.26. The van der Waals surface area contributed by atoms with Crippen molar-refractivity contribution in [2.45, 2.75) is 26.2 Å². The zero-order valence-corrected chi connectivity index (χ0v) is 36.0. The Morgan fingerprint density at radius 1 is 0.422 bits per heavy atom. The molecule has 6 heteroatoms. The topological polar surface area (TPSA) is 38.5 Å². The minimum absolute atomic E-state index is 0.119. The molecule has 0 atom stereocenters. The Balaban J connectivity index is 1.02. The van der Waals surface area contributed by atoms with Crippen LogP contribution in [0.3, 0.4) is 0 Å². The molecule has 0 spiro atoms. The maximum Gasteiger partial charge on any atom is 0.139 e. The molecule has 4 heterocycles. The van der Waals surface area contributed by atoms with Crippen LogP contribution in [0.2, 0.25) is 0 Å². The largest absolute Gasteiger partial charge is 0.457 e. The third-order valence-electron chi connectivity index (χ3n) is 12.8. The van der Waals surface area contributed by atoms with Gasteiger partial charge < -0.3 is 19.1 Å². The van der Waals surface area contributed by atoms with E-state index >= 15 is 0 Å². The van der Waals surface area contributed by atoms with Crippen molar-refractivity contribution in [1.82, 2.24) is 14.1 Å². The Morgan fingerprint density at radius 3 is 1.80 bits per heavy atom. The van der Waals surface area contributed by atoms with Crippen LogP contribution in [0.25, 0.3) is 66.2 Å². The summed E-state index contributed by atoms with van der Waals surface area (Å²) in [6.07, 6.45) is 2.04. The number of pyridine rings is 1. The summed E-state index contributed by atoms with van der Waals surface area (Å²) >= 11 is 0. The molecule has 1 aliphatic rings. The Hall–Kier alpha value is -8.09. The number of ether oxygens (including phenoxy) is 1. The molecule has 1 aliphatic heterocycles. The van der Waals surface area contributed by atoms with Gasteiger partial charge in [0.25, 0.3) is 0 Å². The summed E-state index contributed by atoms with van der Waals surface area (Å²) in [6, 6.07) is 71.3. The fourth-order valence-electron chi connectivity index (χ4n) is 9.58. The first-order valence-corrected chi connectivity index (χ1v) is 22.0. The monoisotopic (exact) mass is 827 g/mol. The summed E-state index contributed by atoms with van der Waals surface area (Å²) in [5.41, 5.74) is 13.5. The van der Waals surface area contributed by atoms with E-state index in [0.29, 0.717) is 6.67 Å². The van der Waals surface area contributed by atoms with Crippen LogP contribution in [0.4, 0.5) is 22.7 Å². The molecule has 0 unspecified atom stereocenters. The maximum atomic E-state index is 7.01. The highest BCUT2D eigenvalue weighted by Gasteiger charge is 2.29.